The van der Waals surface area contributed by atoms with Crippen LogP contribution in [0, 0.1) is 19.8 Å². The topological polar surface area (TPSA) is 61.2 Å². The first-order valence-corrected chi connectivity index (χ1v) is 11.9. The van der Waals surface area contributed by atoms with Crippen LogP contribution in [-0.4, -0.2) is 27.9 Å². The molecule has 1 aliphatic rings. The van der Waals surface area contributed by atoms with Crippen molar-refractivity contribution in [2.75, 3.05) is 7.11 Å². The van der Waals surface area contributed by atoms with Gasteiger partial charge in [-0.05, 0) is 68.7 Å². The van der Waals surface area contributed by atoms with E-state index in [1.165, 1.54) is 29.3 Å². The molecule has 5 nitrogen and oxygen atoms in total. The van der Waals surface area contributed by atoms with Crippen LogP contribution in [0.4, 0.5) is 0 Å². The summed E-state index contributed by atoms with van der Waals surface area (Å²) in [5.74, 6) is 0.293. The lowest BCUT2D eigenvalue weighted by atomic mass is 9.89. The van der Waals surface area contributed by atoms with Crippen molar-refractivity contribution in [3.63, 3.8) is 0 Å². The SMILES string of the molecule is COC(=O)C(C)Sc1nc2sc3c(c2c(=O)n1-c1cc(C)ccc1C)CCC(C)C3. The van der Waals surface area contributed by atoms with E-state index in [9.17, 15) is 9.59 Å². The number of aromatic nitrogens is 2. The molecule has 158 valence electrons. The largest absolute Gasteiger partial charge is 0.468 e. The molecule has 7 heteroatoms. The standard InChI is InChI=1S/C23H26N2O3S2/c1-12-6-8-14(3)17(10-12)25-21(26)19-16-9-7-13(2)11-18(16)30-20(19)24-23(25)29-15(4)22(27)28-5/h6,8,10,13,15H,7,9,11H2,1-5H3. The van der Waals surface area contributed by atoms with E-state index >= 15 is 0 Å². The molecule has 2 unspecified atom stereocenters. The summed E-state index contributed by atoms with van der Waals surface area (Å²) >= 11 is 2.90. The van der Waals surface area contributed by atoms with Crippen molar-refractivity contribution in [1.82, 2.24) is 9.55 Å². The second-order valence-corrected chi connectivity index (χ2v) is 10.5. The average molecular weight is 443 g/mol. The van der Waals surface area contributed by atoms with Gasteiger partial charge in [-0.1, -0.05) is 30.8 Å². The highest BCUT2D eigenvalue weighted by atomic mass is 32.2. The van der Waals surface area contributed by atoms with E-state index in [2.05, 4.69) is 6.92 Å². The minimum atomic E-state index is -0.467. The quantitative estimate of drug-likeness (QED) is 0.329. The van der Waals surface area contributed by atoms with Crippen LogP contribution in [0.5, 0.6) is 0 Å². The summed E-state index contributed by atoms with van der Waals surface area (Å²) in [4.78, 5) is 32.9. The van der Waals surface area contributed by atoms with Gasteiger partial charge in [0.1, 0.15) is 10.1 Å². The number of hydrogen-bond acceptors (Lipinski definition) is 6. The Balaban J connectivity index is 1.99. The summed E-state index contributed by atoms with van der Waals surface area (Å²) in [6, 6.07) is 6.07. The number of carbonyl (C=O) groups excluding carboxylic acids is 1. The number of aryl methyl sites for hydroxylation is 3. The van der Waals surface area contributed by atoms with Gasteiger partial charge in [0.25, 0.3) is 5.56 Å². The molecule has 0 spiro atoms. The van der Waals surface area contributed by atoms with Crippen LogP contribution in [-0.2, 0) is 22.4 Å². The first kappa shape index (κ1) is 21.1. The van der Waals surface area contributed by atoms with Gasteiger partial charge < -0.3 is 4.74 Å². The third-order valence-corrected chi connectivity index (χ3v) is 7.90. The third kappa shape index (κ3) is 3.69. The van der Waals surface area contributed by atoms with Crippen LogP contribution < -0.4 is 5.56 Å². The van der Waals surface area contributed by atoms with Gasteiger partial charge in [-0.15, -0.1) is 11.3 Å². The van der Waals surface area contributed by atoms with Gasteiger partial charge in [0.05, 0.1) is 18.2 Å². The Morgan fingerprint density at radius 2 is 2.13 bits per heavy atom. The number of nitrogens with zero attached hydrogens (tertiary/aromatic N) is 2. The Bertz CT molecular complexity index is 1200. The number of thiophene rings is 1. The zero-order valence-corrected chi connectivity index (χ0v) is 19.6. The molecule has 1 aromatic carbocycles. The number of carbonyl (C=O) groups is 1. The summed E-state index contributed by atoms with van der Waals surface area (Å²) in [5, 5.41) is 0.814. The highest BCUT2D eigenvalue weighted by molar-refractivity contribution is 8.00. The number of esters is 1. The van der Waals surface area contributed by atoms with E-state index in [4.69, 9.17) is 9.72 Å². The van der Waals surface area contributed by atoms with Gasteiger partial charge in [-0.25, -0.2) is 4.98 Å². The second-order valence-electron chi connectivity index (χ2n) is 8.14. The predicted octanol–water partition coefficient (Wildman–Crippen LogP) is 4.84. The Morgan fingerprint density at radius 1 is 1.37 bits per heavy atom. The summed E-state index contributed by atoms with van der Waals surface area (Å²) in [6.45, 7) is 8.04. The fourth-order valence-corrected chi connectivity index (χ4v) is 6.37. The monoisotopic (exact) mass is 442 g/mol. The number of methoxy groups -OCH3 is 1. The molecule has 0 fully saturated rings. The maximum atomic E-state index is 13.8. The van der Waals surface area contributed by atoms with Gasteiger partial charge in [0, 0.05) is 4.88 Å². The molecule has 1 aliphatic carbocycles. The number of thioether (sulfide) groups is 1. The van der Waals surface area contributed by atoms with Crippen molar-refractivity contribution in [1.29, 1.82) is 0 Å². The van der Waals surface area contributed by atoms with E-state index in [-0.39, 0.29) is 11.5 Å². The van der Waals surface area contributed by atoms with Crippen molar-refractivity contribution < 1.29 is 9.53 Å². The zero-order chi connectivity index (χ0) is 21.6. The van der Waals surface area contributed by atoms with Crippen molar-refractivity contribution in [3.8, 4) is 5.69 Å². The van der Waals surface area contributed by atoms with Crippen LogP contribution in [0.1, 0.15) is 41.8 Å². The number of fused-ring (bicyclic) bond motifs is 3. The molecule has 0 amide bonds. The van der Waals surface area contributed by atoms with Crippen molar-refractivity contribution in [2.24, 2.45) is 5.92 Å². The smallest absolute Gasteiger partial charge is 0.318 e. The van der Waals surface area contributed by atoms with Crippen molar-refractivity contribution in [2.45, 2.75) is 57.4 Å². The van der Waals surface area contributed by atoms with Gasteiger partial charge in [0.15, 0.2) is 5.16 Å². The molecule has 30 heavy (non-hydrogen) atoms. The van der Waals surface area contributed by atoms with E-state index < -0.39 is 5.25 Å². The number of benzene rings is 1. The highest BCUT2D eigenvalue weighted by Crippen LogP contribution is 2.37. The van der Waals surface area contributed by atoms with Crippen LogP contribution in [0.3, 0.4) is 0 Å². The van der Waals surface area contributed by atoms with Crippen molar-refractivity contribution in [3.05, 3.63) is 50.1 Å². The molecule has 0 saturated heterocycles. The fraction of sp³-hybridized carbons (Fsp3) is 0.435. The Labute approximate surface area is 184 Å². The van der Waals surface area contributed by atoms with E-state index in [0.29, 0.717) is 11.1 Å². The lowest BCUT2D eigenvalue weighted by Crippen LogP contribution is -2.25. The molecule has 2 aromatic heterocycles. The molecular formula is C23H26N2O3S2. The summed E-state index contributed by atoms with van der Waals surface area (Å²) in [5.41, 5.74) is 4.01. The van der Waals surface area contributed by atoms with Crippen LogP contribution >= 0.6 is 23.1 Å². The molecule has 0 saturated carbocycles. The van der Waals surface area contributed by atoms with Gasteiger partial charge in [-0.2, -0.15) is 0 Å². The number of rotatable bonds is 4. The lowest BCUT2D eigenvalue weighted by Gasteiger charge is -2.18. The van der Waals surface area contributed by atoms with E-state index in [1.54, 1.807) is 22.8 Å². The maximum absolute atomic E-state index is 13.8. The Hall–Kier alpha value is -2.12. The highest BCUT2D eigenvalue weighted by Gasteiger charge is 2.27. The first-order chi connectivity index (χ1) is 14.3. The predicted molar refractivity (Wildman–Crippen MR) is 123 cm³/mol. The third-order valence-electron chi connectivity index (χ3n) is 5.72. The first-order valence-electron chi connectivity index (χ1n) is 10.2. The van der Waals surface area contributed by atoms with Crippen molar-refractivity contribution >= 4 is 39.3 Å². The summed E-state index contributed by atoms with van der Waals surface area (Å²) in [7, 11) is 1.38. The Kier molecular flexibility index (Phi) is 5.77. The Morgan fingerprint density at radius 3 is 2.87 bits per heavy atom. The number of hydrogen-bond donors (Lipinski definition) is 0. The minimum Gasteiger partial charge on any atom is -0.468 e. The van der Waals surface area contributed by atoms with Gasteiger partial charge in [0.2, 0.25) is 0 Å². The van der Waals surface area contributed by atoms with E-state index in [0.717, 1.165) is 46.3 Å². The molecule has 0 radical (unpaired) electrons. The van der Waals surface area contributed by atoms with Crippen LogP contribution in [0.25, 0.3) is 15.9 Å². The molecule has 0 bridgehead atoms. The molecule has 0 aliphatic heterocycles. The molecule has 2 heterocycles. The molecule has 3 aromatic rings. The van der Waals surface area contributed by atoms with Gasteiger partial charge in [-0.3, -0.25) is 14.2 Å². The lowest BCUT2D eigenvalue weighted by molar-refractivity contribution is -0.139. The van der Waals surface area contributed by atoms with E-state index in [1.807, 2.05) is 32.0 Å². The van der Waals surface area contributed by atoms with Crippen LogP contribution in [0.2, 0.25) is 0 Å². The average Bonchev–Trinajstić information content (AvgIpc) is 3.07. The number of ether oxygens (including phenoxy) is 1. The molecule has 0 N–H and O–H groups in total. The van der Waals surface area contributed by atoms with Crippen LogP contribution in [0.15, 0.2) is 28.2 Å². The fourth-order valence-electron chi connectivity index (χ4n) is 4.00. The van der Waals surface area contributed by atoms with Gasteiger partial charge >= 0.3 is 5.97 Å². The maximum Gasteiger partial charge on any atom is 0.318 e. The minimum absolute atomic E-state index is 0.0414. The normalized spacial score (nSPS) is 17.0. The molecule has 2 atom stereocenters. The molecule has 4 rings (SSSR count). The summed E-state index contributed by atoms with van der Waals surface area (Å²) < 4.78 is 6.59. The summed E-state index contributed by atoms with van der Waals surface area (Å²) in [6.07, 6.45) is 3.02. The molecular weight excluding hydrogens is 416 g/mol. The zero-order valence-electron chi connectivity index (χ0n) is 17.9. The second kappa shape index (κ2) is 8.19.